The average Bonchev–Trinajstić information content (AvgIpc) is 3.24. The number of benzene rings is 2. The molecule has 0 unspecified atom stereocenters. The number of hydrogen-bond donors (Lipinski definition) is 2. The molecule has 2 N–H and O–H groups in total. The van der Waals surface area contributed by atoms with Crippen molar-refractivity contribution >= 4 is 33.6 Å². The van der Waals surface area contributed by atoms with Crippen LogP contribution in [0.25, 0.3) is 21.9 Å². The molecule has 4 rings (SSSR count). The summed E-state index contributed by atoms with van der Waals surface area (Å²) in [6.07, 6.45) is 1.69. The van der Waals surface area contributed by atoms with Gasteiger partial charge in [-0.3, -0.25) is 4.79 Å². The van der Waals surface area contributed by atoms with Crippen molar-refractivity contribution in [3.8, 4) is 0 Å². The van der Waals surface area contributed by atoms with Gasteiger partial charge in [0.15, 0.2) is 0 Å². The van der Waals surface area contributed by atoms with Crippen LogP contribution in [0, 0.1) is 0 Å². The second-order valence-corrected chi connectivity index (χ2v) is 5.77. The number of fused-ring (bicyclic) bond motifs is 2. The van der Waals surface area contributed by atoms with Gasteiger partial charge in [-0.05, 0) is 25.1 Å². The number of H-pyrrole nitrogens is 1. The van der Waals surface area contributed by atoms with E-state index in [1.807, 2.05) is 55.5 Å². The molecule has 4 aromatic rings. The van der Waals surface area contributed by atoms with Crippen LogP contribution in [-0.2, 0) is 6.54 Å². The number of aromatic nitrogens is 4. The lowest BCUT2D eigenvalue weighted by Crippen LogP contribution is -2.20. The molecule has 7 heteroatoms. The van der Waals surface area contributed by atoms with E-state index in [2.05, 4.69) is 25.8 Å². The van der Waals surface area contributed by atoms with E-state index in [1.54, 1.807) is 10.9 Å². The molecule has 25 heavy (non-hydrogen) atoms. The summed E-state index contributed by atoms with van der Waals surface area (Å²) in [5, 5.41) is 13.3. The zero-order valence-corrected chi connectivity index (χ0v) is 13.6. The fraction of sp³-hybridized carbons (Fsp3) is 0.111. The van der Waals surface area contributed by atoms with Crippen LogP contribution in [0.5, 0.6) is 0 Å². The van der Waals surface area contributed by atoms with Crippen LogP contribution in [0.15, 0.2) is 59.8 Å². The molecule has 0 fully saturated rings. The van der Waals surface area contributed by atoms with Gasteiger partial charge in [0.25, 0.3) is 5.91 Å². The lowest BCUT2D eigenvalue weighted by Gasteiger charge is -2.03. The highest BCUT2D eigenvalue weighted by Crippen LogP contribution is 2.17. The maximum atomic E-state index is 12.4. The molecular weight excluding hydrogens is 316 g/mol. The van der Waals surface area contributed by atoms with Gasteiger partial charge < -0.3 is 4.98 Å². The molecule has 1 amide bonds. The molecule has 2 aromatic carbocycles. The van der Waals surface area contributed by atoms with Gasteiger partial charge in [0.2, 0.25) is 0 Å². The van der Waals surface area contributed by atoms with Crippen molar-refractivity contribution in [2.45, 2.75) is 13.5 Å². The van der Waals surface area contributed by atoms with E-state index < -0.39 is 0 Å². The maximum absolute atomic E-state index is 12.4. The quantitative estimate of drug-likeness (QED) is 0.445. The van der Waals surface area contributed by atoms with E-state index in [0.29, 0.717) is 12.1 Å². The minimum absolute atomic E-state index is 0.250. The molecule has 0 aliphatic carbocycles. The standard InChI is InChI=1S/C18H16N6O/c1-12(11-24-17-9-5-4-8-16(17)21-23-24)20-22-18(25)14-10-19-15-7-3-2-6-13(14)15/h2-10,19H,11H2,1H3,(H,22,25)/b20-12+. The fourth-order valence-corrected chi connectivity index (χ4v) is 2.75. The minimum Gasteiger partial charge on any atom is -0.360 e. The summed E-state index contributed by atoms with van der Waals surface area (Å²) >= 11 is 0. The molecule has 0 atom stereocenters. The summed E-state index contributed by atoms with van der Waals surface area (Å²) < 4.78 is 1.76. The molecular formula is C18H16N6O. The Hall–Kier alpha value is -3.48. The normalized spacial score (nSPS) is 12.0. The molecule has 0 saturated carbocycles. The lowest BCUT2D eigenvalue weighted by atomic mass is 10.2. The Bertz CT molecular complexity index is 1090. The highest BCUT2D eigenvalue weighted by Gasteiger charge is 2.11. The summed E-state index contributed by atoms with van der Waals surface area (Å²) in [7, 11) is 0. The van der Waals surface area contributed by atoms with E-state index in [-0.39, 0.29) is 5.91 Å². The zero-order valence-electron chi connectivity index (χ0n) is 13.6. The molecule has 0 bridgehead atoms. The van der Waals surface area contributed by atoms with Crippen LogP contribution >= 0.6 is 0 Å². The highest BCUT2D eigenvalue weighted by molar-refractivity contribution is 6.06. The molecule has 2 aromatic heterocycles. The first-order valence-electron chi connectivity index (χ1n) is 7.90. The van der Waals surface area contributed by atoms with Gasteiger partial charge in [-0.2, -0.15) is 5.10 Å². The van der Waals surface area contributed by atoms with Crippen LogP contribution < -0.4 is 5.43 Å². The van der Waals surface area contributed by atoms with E-state index in [0.717, 1.165) is 27.6 Å². The predicted octanol–water partition coefficient (Wildman–Crippen LogP) is 2.72. The molecule has 124 valence electrons. The SMILES string of the molecule is C/C(Cn1nnc2ccccc21)=N\NC(=O)c1c[nH]c2ccccc12. The topological polar surface area (TPSA) is 88.0 Å². The number of amides is 1. The first kappa shape index (κ1) is 15.1. The van der Waals surface area contributed by atoms with Crippen LogP contribution in [-0.4, -0.2) is 31.6 Å². The van der Waals surface area contributed by atoms with Crippen LogP contribution in [0.2, 0.25) is 0 Å². The third kappa shape index (κ3) is 2.87. The Morgan fingerprint density at radius 2 is 2.00 bits per heavy atom. The summed E-state index contributed by atoms with van der Waals surface area (Å²) in [6.45, 7) is 2.29. The van der Waals surface area contributed by atoms with Gasteiger partial charge >= 0.3 is 0 Å². The molecule has 0 aliphatic heterocycles. The maximum Gasteiger partial charge on any atom is 0.273 e. The number of nitrogens with zero attached hydrogens (tertiary/aromatic N) is 4. The Balaban J connectivity index is 1.50. The molecule has 7 nitrogen and oxygen atoms in total. The first-order valence-corrected chi connectivity index (χ1v) is 7.90. The Morgan fingerprint density at radius 3 is 2.92 bits per heavy atom. The highest BCUT2D eigenvalue weighted by atomic mass is 16.2. The van der Waals surface area contributed by atoms with E-state index in [1.165, 1.54) is 0 Å². The third-order valence-corrected chi connectivity index (χ3v) is 3.98. The van der Waals surface area contributed by atoms with Gasteiger partial charge in [0.05, 0.1) is 23.3 Å². The van der Waals surface area contributed by atoms with E-state index >= 15 is 0 Å². The Labute approximate surface area is 143 Å². The van der Waals surface area contributed by atoms with Crippen molar-refractivity contribution in [3.05, 3.63) is 60.3 Å². The van der Waals surface area contributed by atoms with Crippen LogP contribution in [0.4, 0.5) is 0 Å². The van der Waals surface area contributed by atoms with Crippen molar-refractivity contribution in [1.29, 1.82) is 0 Å². The van der Waals surface area contributed by atoms with Crippen molar-refractivity contribution < 1.29 is 4.79 Å². The first-order chi connectivity index (χ1) is 12.2. The summed E-state index contributed by atoms with van der Waals surface area (Å²) in [5.74, 6) is -0.250. The molecule has 0 aliphatic rings. The number of hydrazone groups is 1. The summed E-state index contributed by atoms with van der Waals surface area (Å²) in [4.78, 5) is 15.4. The van der Waals surface area contributed by atoms with Gasteiger partial charge in [-0.25, -0.2) is 10.1 Å². The summed E-state index contributed by atoms with van der Waals surface area (Å²) in [5.41, 5.74) is 6.58. The number of para-hydroxylation sites is 2. The number of rotatable bonds is 4. The molecule has 2 heterocycles. The van der Waals surface area contributed by atoms with Crippen LogP contribution in [0.3, 0.4) is 0 Å². The third-order valence-electron chi connectivity index (χ3n) is 3.98. The van der Waals surface area contributed by atoms with E-state index in [9.17, 15) is 4.79 Å². The van der Waals surface area contributed by atoms with Crippen molar-refractivity contribution in [3.63, 3.8) is 0 Å². The Morgan fingerprint density at radius 1 is 1.20 bits per heavy atom. The van der Waals surface area contributed by atoms with E-state index in [4.69, 9.17) is 0 Å². The largest absolute Gasteiger partial charge is 0.360 e. The second kappa shape index (κ2) is 6.20. The fourth-order valence-electron chi connectivity index (χ4n) is 2.75. The monoisotopic (exact) mass is 332 g/mol. The molecule has 0 spiro atoms. The van der Waals surface area contributed by atoms with Gasteiger partial charge in [0.1, 0.15) is 5.52 Å². The average molecular weight is 332 g/mol. The number of carbonyl (C=O) groups is 1. The van der Waals surface area contributed by atoms with Gasteiger partial charge in [0, 0.05) is 17.1 Å². The molecule has 0 radical (unpaired) electrons. The van der Waals surface area contributed by atoms with Gasteiger partial charge in [-0.15, -0.1) is 5.10 Å². The number of nitrogens with one attached hydrogen (secondary N) is 2. The number of hydrogen-bond acceptors (Lipinski definition) is 4. The minimum atomic E-state index is -0.250. The smallest absolute Gasteiger partial charge is 0.273 e. The summed E-state index contributed by atoms with van der Waals surface area (Å²) in [6, 6.07) is 15.4. The zero-order chi connectivity index (χ0) is 17.2. The van der Waals surface area contributed by atoms with Crippen molar-refractivity contribution in [2.24, 2.45) is 5.10 Å². The predicted molar refractivity (Wildman–Crippen MR) is 96.4 cm³/mol. The lowest BCUT2D eigenvalue weighted by molar-refractivity contribution is 0.0956. The number of carbonyl (C=O) groups excluding carboxylic acids is 1. The number of aromatic amines is 1. The van der Waals surface area contributed by atoms with Crippen LogP contribution in [0.1, 0.15) is 17.3 Å². The molecule has 0 saturated heterocycles. The van der Waals surface area contributed by atoms with Gasteiger partial charge in [-0.1, -0.05) is 35.5 Å². The second-order valence-electron chi connectivity index (χ2n) is 5.77. The Kier molecular flexibility index (Phi) is 3.74. The van der Waals surface area contributed by atoms with Crippen molar-refractivity contribution in [2.75, 3.05) is 0 Å². The van der Waals surface area contributed by atoms with Crippen molar-refractivity contribution in [1.82, 2.24) is 25.4 Å².